The normalized spacial score (nSPS) is 14.6. The summed E-state index contributed by atoms with van der Waals surface area (Å²) in [6.07, 6.45) is 6.31. The standard InChI is InChI=1S/C18H21ClN2O4/c1-2-3-4-5-6-7-12-20-17(22)15(16(19)18(20)23)13-8-10-14(11-9-13)21(24)25/h8-11H,2-7,12H2,1H3. The summed E-state index contributed by atoms with van der Waals surface area (Å²) in [5.74, 6) is -0.925. The highest BCUT2D eigenvalue weighted by Crippen LogP contribution is 2.32. The van der Waals surface area contributed by atoms with E-state index in [-0.39, 0.29) is 16.3 Å². The van der Waals surface area contributed by atoms with Crippen LogP contribution < -0.4 is 0 Å². The minimum absolute atomic E-state index is 0.0822. The van der Waals surface area contributed by atoms with Crippen molar-refractivity contribution in [2.75, 3.05) is 6.54 Å². The highest BCUT2D eigenvalue weighted by atomic mass is 35.5. The number of carbonyl (C=O) groups excluding carboxylic acids is 2. The van der Waals surface area contributed by atoms with Gasteiger partial charge in [0.05, 0.1) is 10.5 Å². The van der Waals surface area contributed by atoms with Crippen molar-refractivity contribution in [3.8, 4) is 0 Å². The van der Waals surface area contributed by atoms with Gasteiger partial charge in [-0.25, -0.2) is 0 Å². The zero-order valence-electron chi connectivity index (χ0n) is 14.2. The van der Waals surface area contributed by atoms with Crippen molar-refractivity contribution < 1.29 is 14.5 Å². The second kappa shape index (κ2) is 8.76. The van der Waals surface area contributed by atoms with Crippen LogP contribution in [-0.2, 0) is 9.59 Å². The molecular weight excluding hydrogens is 344 g/mol. The first-order valence-corrected chi connectivity index (χ1v) is 8.86. The number of nitrogens with zero attached hydrogens (tertiary/aromatic N) is 2. The van der Waals surface area contributed by atoms with Gasteiger partial charge in [-0.1, -0.05) is 50.6 Å². The molecule has 0 spiro atoms. The Labute approximate surface area is 151 Å². The number of rotatable bonds is 9. The maximum Gasteiger partial charge on any atom is 0.273 e. The van der Waals surface area contributed by atoms with E-state index in [0.29, 0.717) is 12.1 Å². The van der Waals surface area contributed by atoms with Crippen LogP contribution in [0, 0.1) is 10.1 Å². The Bertz CT molecular complexity index is 698. The largest absolute Gasteiger partial charge is 0.274 e. The molecule has 1 aromatic carbocycles. The first-order valence-electron chi connectivity index (χ1n) is 8.48. The quantitative estimate of drug-likeness (QED) is 0.283. The Morgan fingerprint density at radius 1 is 1.00 bits per heavy atom. The zero-order valence-corrected chi connectivity index (χ0v) is 14.9. The number of hydrogen-bond donors (Lipinski definition) is 0. The Kier molecular flexibility index (Phi) is 6.70. The lowest BCUT2D eigenvalue weighted by molar-refractivity contribution is -0.384. The van der Waals surface area contributed by atoms with Crippen molar-refractivity contribution in [1.29, 1.82) is 0 Å². The van der Waals surface area contributed by atoms with Gasteiger partial charge in [-0.15, -0.1) is 0 Å². The smallest absolute Gasteiger partial charge is 0.273 e. The van der Waals surface area contributed by atoms with Crippen molar-refractivity contribution in [1.82, 2.24) is 4.90 Å². The lowest BCUT2D eigenvalue weighted by Crippen LogP contribution is -2.32. The van der Waals surface area contributed by atoms with Gasteiger partial charge in [-0.3, -0.25) is 24.6 Å². The Hall–Kier alpha value is -2.21. The van der Waals surface area contributed by atoms with Crippen molar-refractivity contribution in [3.63, 3.8) is 0 Å². The minimum Gasteiger partial charge on any atom is -0.274 e. The monoisotopic (exact) mass is 364 g/mol. The molecule has 0 aromatic heterocycles. The van der Waals surface area contributed by atoms with Crippen LogP contribution in [0.4, 0.5) is 5.69 Å². The van der Waals surface area contributed by atoms with Gasteiger partial charge in [0.2, 0.25) is 0 Å². The molecule has 7 heteroatoms. The minimum atomic E-state index is -0.522. The first kappa shape index (κ1) is 19.1. The predicted octanol–water partition coefficient (Wildman–Crippen LogP) is 4.27. The molecule has 0 aliphatic carbocycles. The topological polar surface area (TPSA) is 80.5 Å². The Morgan fingerprint density at radius 3 is 2.20 bits per heavy atom. The fourth-order valence-corrected chi connectivity index (χ4v) is 3.09. The molecule has 0 radical (unpaired) electrons. The van der Waals surface area contributed by atoms with Crippen LogP contribution >= 0.6 is 11.6 Å². The number of halogens is 1. The molecule has 1 aromatic rings. The molecule has 1 aliphatic heterocycles. The Balaban J connectivity index is 2.02. The van der Waals surface area contributed by atoms with Crippen LogP contribution in [0.3, 0.4) is 0 Å². The molecular formula is C18H21ClN2O4. The molecule has 0 saturated carbocycles. The fraction of sp³-hybridized carbons (Fsp3) is 0.444. The third-order valence-corrected chi connectivity index (χ3v) is 4.56. The number of amides is 2. The first-order chi connectivity index (χ1) is 12.0. The summed E-state index contributed by atoms with van der Waals surface area (Å²) in [4.78, 5) is 36.1. The van der Waals surface area contributed by atoms with E-state index in [1.165, 1.54) is 42.0 Å². The number of imide groups is 1. The van der Waals surface area contributed by atoms with E-state index in [0.717, 1.165) is 25.7 Å². The number of non-ortho nitro benzene ring substituents is 1. The Morgan fingerprint density at radius 2 is 1.60 bits per heavy atom. The summed E-state index contributed by atoms with van der Waals surface area (Å²) in [6, 6.07) is 5.46. The lowest BCUT2D eigenvalue weighted by atomic mass is 10.1. The molecule has 0 bridgehead atoms. The van der Waals surface area contributed by atoms with E-state index < -0.39 is 16.7 Å². The number of carbonyl (C=O) groups is 2. The fourth-order valence-electron chi connectivity index (χ4n) is 2.80. The molecule has 6 nitrogen and oxygen atoms in total. The average molecular weight is 365 g/mol. The molecule has 0 unspecified atom stereocenters. The second-order valence-electron chi connectivity index (χ2n) is 6.02. The van der Waals surface area contributed by atoms with Crippen molar-refractivity contribution in [2.24, 2.45) is 0 Å². The number of nitro benzene ring substituents is 1. The maximum absolute atomic E-state index is 12.5. The molecule has 2 rings (SSSR count). The molecule has 2 amide bonds. The molecule has 1 aliphatic rings. The number of hydrogen-bond acceptors (Lipinski definition) is 4. The molecule has 0 atom stereocenters. The number of benzene rings is 1. The van der Waals surface area contributed by atoms with Crippen LogP contribution in [0.5, 0.6) is 0 Å². The summed E-state index contributed by atoms with van der Waals surface area (Å²) in [5.41, 5.74) is 0.452. The van der Waals surface area contributed by atoms with Crippen LogP contribution in [0.25, 0.3) is 5.57 Å². The van der Waals surface area contributed by atoms with Crippen LogP contribution in [0.1, 0.15) is 51.0 Å². The van der Waals surface area contributed by atoms with Gasteiger partial charge in [-0.2, -0.15) is 0 Å². The molecule has 0 saturated heterocycles. The number of nitro groups is 1. The third-order valence-electron chi connectivity index (χ3n) is 4.21. The van der Waals surface area contributed by atoms with E-state index in [9.17, 15) is 19.7 Å². The molecule has 0 N–H and O–H groups in total. The van der Waals surface area contributed by atoms with Crippen LogP contribution in [0.15, 0.2) is 29.3 Å². The summed E-state index contributed by atoms with van der Waals surface area (Å²) in [5, 5.41) is 10.6. The van der Waals surface area contributed by atoms with E-state index in [1.54, 1.807) is 0 Å². The van der Waals surface area contributed by atoms with E-state index in [2.05, 4.69) is 6.92 Å². The van der Waals surface area contributed by atoms with E-state index in [1.807, 2.05) is 0 Å². The predicted molar refractivity (Wildman–Crippen MR) is 96.0 cm³/mol. The SMILES string of the molecule is CCCCCCCCN1C(=O)C(Cl)=C(c2ccc([N+](=O)[O-])cc2)C1=O. The lowest BCUT2D eigenvalue weighted by Gasteiger charge is -2.14. The van der Waals surface area contributed by atoms with Crippen molar-refractivity contribution in [3.05, 3.63) is 45.0 Å². The maximum atomic E-state index is 12.5. The summed E-state index contributed by atoms with van der Waals surface area (Å²) < 4.78 is 0. The van der Waals surface area contributed by atoms with Crippen molar-refractivity contribution in [2.45, 2.75) is 45.4 Å². The molecule has 25 heavy (non-hydrogen) atoms. The third kappa shape index (κ3) is 4.45. The second-order valence-corrected chi connectivity index (χ2v) is 6.40. The zero-order chi connectivity index (χ0) is 18.4. The summed E-state index contributed by atoms with van der Waals surface area (Å²) in [6.45, 7) is 2.49. The van der Waals surface area contributed by atoms with Gasteiger partial charge in [-0.05, 0) is 24.1 Å². The molecule has 1 heterocycles. The molecule has 134 valence electrons. The summed E-state index contributed by atoms with van der Waals surface area (Å²) >= 11 is 6.07. The van der Waals surface area contributed by atoms with Gasteiger partial charge in [0.25, 0.3) is 17.5 Å². The highest BCUT2D eigenvalue weighted by molar-refractivity contribution is 6.55. The summed E-state index contributed by atoms with van der Waals surface area (Å²) in [7, 11) is 0. The molecule has 0 fully saturated rings. The van der Waals surface area contributed by atoms with Crippen LogP contribution in [0.2, 0.25) is 0 Å². The highest BCUT2D eigenvalue weighted by Gasteiger charge is 2.37. The van der Waals surface area contributed by atoms with Gasteiger partial charge in [0, 0.05) is 18.7 Å². The van der Waals surface area contributed by atoms with Crippen LogP contribution in [-0.4, -0.2) is 28.2 Å². The van der Waals surface area contributed by atoms with Gasteiger partial charge in [0.1, 0.15) is 5.03 Å². The average Bonchev–Trinajstić information content (AvgIpc) is 2.81. The number of unbranched alkanes of at least 4 members (excludes halogenated alkanes) is 5. The van der Waals surface area contributed by atoms with Gasteiger partial charge >= 0.3 is 0 Å². The van der Waals surface area contributed by atoms with Crippen molar-refractivity contribution >= 4 is 34.7 Å². The van der Waals surface area contributed by atoms with Gasteiger partial charge in [0.15, 0.2) is 0 Å². The van der Waals surface area contributed by atoms with E-state index in [4.69, 9.17) is 11.6 Å². The van der Waals surface area contributed by atoms with E-state index >= 15 is 0 Å². The van der Waals surface area contributed by atoms with Gasteiger partial charge < -0.3 is 0 Å².